The Kier molecular flexibility index (Phi) is 3.92. The first-order valence-electron chi connectivity index (χ1n) is 7.29. The molecule has 0 aliphatic rings. The van der Waals surface area contributed by atoms with Gasteiger partial charge in [-0.3, -0.25) is 19.6 Å². The van der Waals surface area contributed by atoms with Crippen molar-refractivity contribution in [3.05, 3.63) is 53.2 Å². The van der Waals surface area contributed by atoms with Crippen LogP contribution in [0.2, 0.25) is 0 Å². The molecule has 0 saturated carbocycles. The lowest BCUT2D eigenvalue weighted by Gasteiger charge is -2.02. The Balaban J connectivity index is 1.75. The molecule has 0 bridgehead atoms. The van der Waals surface area contributed by atoms with Crippen LogP contribution in [0.5, 0.6) is 0 Å². The third-order valence-electron chi connectivity index (χ3n) is 3.76. The van der Waals surface area contributed by atoms with Crippen LogP contribution in [0.15, 0.2) is 30.6 Å². The second-order valence-corrected chi connectivity index (χ2v) is 5.38. The molecule has 118 valence electrons. The van der Waals surface area contributed by atoms with E-state index >= 15 is 0 Å². The minimum Gasteiger partial charge on any atom is -0.347 e. The molecule has 3 aromatic rings. The molecule has 0 radical (unpaired) electrons. The quantitative estimate of drug-likeness (QED) is 0.768. The smallest absolute Gasteiger partial charge is 0.269 e. The van der Waals surface area contributed by atoms with Gasteiger partial charge in [0.1, 0.15) is 5.69 Å². The first-order valence-corrected chi connectivity index (χ1v) is 7.29. The second-order valence-electron chi connectivity index (χ2n) is 5.38. The predicted molar refractivity (Wildman–Crippen MR) is 85.7 cm³/mol. The molecule has 3 heterocycles. The lowest BCUT2D eigenvalue weighted by atomic mass is 10.1. The molecular weight excluding hydrogens is 292 g/mol. The number of pyridine rings is 1. The molecule has 7 nitrogen and oxygen atoms in total. The van der Waals surface area contributed by atoms with Crippen LogP contribution in [0.25, 0.3) is 11.3 Å². The van der Waals surface area contributed by atoms with Gasteiger partial charge in [-0.2, -0.15) is 10.2 Å². The highest BCUT2D eigenvalue weighted by Crippen LogP contribution is 2.25. The summed E-state index contributed by atoms with van der Waals surface area (Å²) in [6.07, 6.45) is 3.42. The fourth-order valence-corrected chi connectivity index (χ4v) is 2.49. The van der Waals surface area contributed by atoms with Crippen LogP contribution in [-0.2, 0) is 13.6 Å². The van der Waals surface area contributed by atoms with E-state index in [9.17, 15) is 4.79 Å². The number of carbonyl (C=O) groups excluding carboxylic acids is 1. The largest absolute Gasteiger partial charge is 0.347 e. The summed E-state index contributed by atoms with van der Waals surface area (Å²) < 4.78 is 1.81. The standard InChI is InChI=1S/C16H18N6O/c1-10-15(11(2)22(3)21-10)13-7-14(20-19-13)16(23)18-9-12-5-4-6-17-8-12/h4-8H,9H2,1-3H3,(H,18,23)(H,19,20). The lowest BCUT2D eigenvalue weighted by Crippen LogP contribution is -2.23. The van der Waals surface area contributed by atoms with Crippen molar-refractivity contribution in [3.63, 3.8) is 0 Å². The predicted octanol–water partition coefficient (Wildman–Crippen LogP) is 1.75. The average Bonchev–Trinajstić information content (AvgIpc) is 3.11. The van der Waals surface area contributed by atoms with E-state index in [2.05, 4.69) is 25.6 Å². The Morgan fingerprint density at radius 2 is 2.22 bits per heavy atom. The number of aromatic amines is 1. The van der Waals surface area contributed by atoms with E-state index in [1.165, 1.54) is 0 Å². The Hall–Kier alpha value is -2.96. The highest BCUT2D eigenvalue weighted by molar-refractivity contribution is 5.93. The summed E-state index contributed by atoms with van der Waals surface area (Å²) in [5, 5.41) is 14.3. The topological polar surface area (TPSA) is 88.5 Å². The third kappa shape index (κ3) is 2.98. The van der Waals surface area contributed by atoms with Crippen molar-refractivity contribution in [2.24, 2.45) is 7.05 Å². The van der Waals surface area contributed by atoms with Crippen molar-refractivity contribution in [1.29, 1.82) is 0 Å². The van der Waals surface area contributed by atoms with Crippen molar-refractivity contribution >= 4 is 5.91 Å². The molecule has 0 fully saturated rings. The van der Waals surface area contributed by atoms with Crippen LogP contribution < -0.4 is 5.32 Å². The zero-order valence-corrected chi connectivity index (χ0v) is 13.3. The van der Waals surface area contributed by atoms with Crippen molar-refractivity contribution in [2.45, 2.75) is 20.4 Å². The van der Waals surface area contributed by atoms with E-state index in [0.717, 1.165) is 28.2 Å². The number of hydrogen-bond acceptors (Lipinski definition) is 4. The Morgan fingerprint density at radius 1 is 1.39 bits per heavy atom. The summed E-state index contributed by atoms with van der Waals surface area (Å²) >= 11 is 0. The summed E-state index contributed by atoms with van der Waals surface area (Å²) in [6.45, 7) is 4.33. The van der Waals surface area contributed by atoms with Gasteiger partial charge in [-0.1, -0.05) is 6.07 Å². The maximum absolute atomic E-state index is 12.2. The number of amides is 1. The van der Waals surface area contributed by atoms with E-state index < -0.39 is 0 Å². The fraction of sp³-hybridized carbons (Fsp3) is 0.250. The zero-order chi connectivity index (χ0) is 16.4. The summed E-state index contributed by atoms with van der Waals surface area (Å²) in [5.74, 6) is -0.202. The van der Waals surface area contributed by atoms with Gasteiger partial charge < -0.3 is 5.32 Å². The molecule has 3 aromatic heterocycles. The number of aryl methyl sites for hydroxylation is 2. The molecule has 0 aromatic carbocycles. The van der Waals surface area contributed by atoms with Crippen LogP contribution in [0.1, 0.15) is 27.4 Å². The number of rotatable bonds is 4. The van der Waals surface area contributed by atoms with Crippen LogP contribution >= 0.6 is 0 Å². The van der Waals surface area contributed by atoms with Gasteiger partial charge in [0.15, 0.2) is 0 Å². The minimum atomic E-state index is -0.202. The maximum Gasteiger partial charge on any atom is 0.269 e. The highest BCUT2D eigenvalue weighted by atomic mass is 16.1. The van der Waals surface area contributed by atoms with Crippen molar-refractivity contribution in [2.75, 3.05) is 0 Å². The zero-order valence-electron chi connectivity index (χ0n) is 13.3. The third-order valence-corrected chi connectivity index (χ3v) is 3.76. The van der Waals surface area contributed by atoms with Gasteiger partial charge in [-0.05, 0) is 31.5 Å². The van der Waals surface area contributed by atoms with Gasteiger partial charge >= 0.3 is 0 Å². The summed E-state index contributed by atoms with van der Waals surface area (Å²) in [4.78, 5) is 16.2. The van der Waals surface area contributed by atoms with Crippen molar-refractivity contribution < 1.29 is 4.79 Å². The molecule has 3 rings (SSSR count). The van der Waals surface area contributed by atoms with Gasteiger partial charge in [-0.15, -0.1) is 0 Å². The molecule has 0 aliphatic carbocycles. The van der Waals surface area contributed by atoms with Gasteiger partial charge in [0.2, 0.25) is 0 Å². The number of aromatic nitrogens is 5. The van der Waals surface area contributed by atoms with Crippen LogP contribution in [0.4, 0.5) is 0 Å². The van der Waals surface area contributed by atoms with E-state index in [1.54, 1.807) is 18.5 Å². The molecule has 0 unspecified atom stereocenters. The molecule has 0 spiro atoms. The number of nitrogens with one attached hydrogen (secondary N) is 2. The number of hydrogen-bond donors (Lipinski definition) is 2. The lowest BCUT2D eigenvalue weighted by molar-refractivity contribution is 0.0946. The first-order chi connectivity index (χ1) is 11.1. The molecule has 0 atom stereocenters. The SMILES string of the molecule is Cc1nn(C)c(C)c1-c1cc(C(=O)NCc2cccnc2)[nH]n1. The van der Waals surface area contributed by atoms with Gasteiger partial charge in [0.05, 0.1) is 11.4 Å². The Bertz CT molecular complexity index is 834. The number of nitrogens with zero attached hydrogens (tertiary/aromatic N) is 4. The van der Waals surface area contributed by atoms with Crippen LogP contribution in [-0.4, -0.2) is 30.9 Å². The maximum atomic E-state index is 12.2. The highest BCUT2D eigenvalue weighted by Gasteiger charge is 2.17. The Labute approximate surface area is 133 Å². The van der Waals surface area contributed by atoms with Gasteiger partial charge in [0.25, 0.3) is 5.91 Å². The van der Waals surface area contributed by atoms with Gasteiger partial charge in [-0.25, -0.2) is 0 Å². The van der Waals surface area contributed by atoms with E-state index in [4.69, 9.17) is 0 Å². The number of carbonyl (C=O) groups is 1. The van der Waals surface area contributed by atoms with Crippen molar-refractivity contribution in [3.8, 4) is 11.3 Å². The fourth-order valence-electron chi connectivity index (χ4n) is 2.49. The molecule has 2 N–H and O–H groups in total. The van der Waals surface area contributed by atoms with E-state index in [-0.39, 0.29) is 5.91 Å². The van der Waals surface area contributed by atoms with E-state index in [1.807, 2.05) is 37.7 Å². The first kappa shape index (κ1) is 15.0. The molecule has 23 heavy (non-hydrogen) atoms. The normalized spacial score (nSPS) is 10.7. The minimum absolute atomic E-state index is 0.202. The van der Waals surface area contributed by atoms with Crippen LogP contribution in [0.3, 0.4) is 0 Å². The Morgan fingerprint density at radius 3 is 2.87 bits per heavy atom. The molecule has 0 saturated heterocycles. The molecular formula is C16H18N6O. The second kappa shape index (κ2) is 6.04. The van der Waals surface area contributed by atoms with Crippen LogP contribution in [0, 0.1) is 13.8 Å². The van der Waals surface area contributed by atoms with E-state index in [0.29, 0.717) is 12.2 Å². The summed E-state index contributed by atoms with van der Waals surface area (Å²) in [7, 11) is 1.89. The average molecular weight is 310 g/mol. The monoisotopic (exact) mass is 310 g/mol. The van der Waals surface area contributed by atoms with Gasteiger partial charge in [0, 0.05) is 37.2 Å². The summed E-state index contributed by atoms with van der Waals surface area (Å²) in [6, 6.07) is 5.49. The number of H-pyrrole nitrogens is 1. The molecule has 1 amide bonds. The molecule has 7 heteroatoms. The van der Waals surface area contributed by atoms with Crippen molar-refractivity contribution in [1.82, 2.24) is 30.3 Å². The molecule has 0 aliphatic heterocycles. The summed E-state index contributed by atoms with van der Waals surface area (Å²) in [5.41, 5.74) is 4.94.